The smallest absolute Gasteiger partial charge is 0.172 e. The number of carbonyl (C=O) groups excluding carboxylic acids is 1. The molecule has 2 aromatic carbocycles. The Labute approximate surface area is 129 Å². The summed E-state index contributed by atoms with van der Waals surface area (Å²) in [7, 11) is 0. The summed E-state index contributed by atoms with van der Waals surface area (Å²) in [6, 6.07) is 19.5. The van der Waals surface area contributed by atoms with Crippen LogP contribution in [0.15, 0.2) is 73.3 Å². The summed E-state index contributed by atoms with van der Waals surface area (Å²) in [5.74, 6) is 0.0791. The molecule has 0 N–H and O–H groups in total. The predicted octanol–water partition coefficient (Wildman–Crippen LogP) is 3.05. The third kappa shape index (κ3) is 2.13. The lowest BCUT2D eigenvalue weighted by molar-refractivity contribution is -0.124. The summed E-state index contributed by atoms with van der Waals surface area (Å²) in [4.78, 5) is 17.1. The highest BCUT2D eigenvalue weighted by molar-refractivity contribution is 5.93. The molecule has 1 heterocycles. The van der Waals surface area contributed by atoms with Crippen LogP contribution >= 0.6 is 0 Å². The van der Waals surface area contributed by atoms with Crippen LogP contribution in [0.3, 0.4) is 0 Å². The van der Waals surface area contributed by atoms with E-state index in [4.69, 9.17) is 0 Å². The molecule has 3 rings (SSSR count). The molecule has 0 aliphatic heterocycles. The zero-order valence-corrected chi connectivity index (χ0v) is 12.4. The number of Topliss-reactive ketones (excluding diaryl/α,β-unsaturated/α-hetero) is 1. The molecule has 0 saturated carbocycles. The van der Waals surface area contributed by atoms with E-state index < -0.39 is 5.54 Å². The van der Waals surface area contributed by atoms with E-state index >= 15 is 0 Å². The third-order valence-corrected chi connectivity index (χ3v) is 3.87. The van der Waals surface area contributed by atoms with Crippen LogP contribution < -0.4 is 0 Å². The van der Waals surface area contributed by atoms with Gasteiger partial charge in [-0.2, -0.15) is 5.10 Å². The van der Waals surface area contributed by atoms with Gasteiger partial charge in [-0.3, -0.25) is 4.79 Å². The van der Waals surface area contributed by atoms with Crippen molar-refractivity contribution in [1.82, 2.24) is 14.8 Å². The summed E-state index contributed by atoms with van der Waals surface area (Å²) in [5.41, 5.74) is 0.797. The van der Waals surface area contributed by atoms with Gasteiger partial charge in [0.1, 0.15) is 12.7 Å². The van der Waals surface area contributed by atoms with E-state index in [9.17, 15) is 4.79 Å². The van der Waals surface area contributed by atoms with Crippen molar-refractivity contribution in [3.05, 3.63) is 84.4 Å². The van der Waals surface area contributed by atoms with Crippen LogP contribution in [0.5, 0.6) is 0 Å². The van der Waals surface area contributed by atoms with Crippen molar-refractivity contribution in [3.8, 4) is 0 Å². The summed E-state index contributed by atoms with van der Waals surface area (Å²) in [5, 5.41) is 4.30. The van der Waals surface area contributed by atoms with Gasteiger partial charge >= 0.3 is 0 Å². The molecule has 3 aromatic rings. The highest BCUT2D eigenvalue weighted by Crippen LogP contribution is 2.35. The van der Waals surface area contributed by atoms with Gasteiger partial charge in [0.15, 0.2) is 11.3 Å². The number of carbonyl (C=O) groups is 1. The molecular formula is C18H17N3O. The van der Waals surface area contributed by atoms with E-state index in [1.165, 1.54) is 6.33 Å². The van der Waals surface area contributed by atoms with Crippen molar-refractivity contribution in [3.63, 3.8) is 0 Å². The van der Waals surface area contributed by atoms with Gasteiger partial charge in [-0.25, -0.2) is 9.67 Å². The van der Waals surface area contributed by atoms with Crippen LogP contribution in [-0.4, -0.2) is 20.5 Å². The first-order valence-electron chi connectivity index (χ1n) is 7.29. The van der Waals surface area contributed by atoms with E-state index in [1.807, 2.05) is 67.6 Å². The van der Waals surface area contributed by atoms with Gasteiger partial charge < -0.3 is 0 Å². The first kappa shape index (κ1) is 14.2. The lowest BCUT2D eigenvalue weighted by Crippen LogP contribution is -2.44. The normalized spacial score (nSPS) is 11.3. The number of aromatic nitrogens is 3. The van der Waals surface area contributed by atoms with Gasteiger partial charge in [-0.15, -0.1) is 0 Å². The largest absolute Gasteiger partial charge is 0.296 e. The SMILES string of the molecule is CCC(=O)C(c1ccccc1)(c1ccccc1)n1cncn1. The van der Waals surface area contributed by atoms with Crippen LogP contribution in [0.2, 0.25) is 0 Å². The van der Waals surface area contributed by atoms with Gasteiger partial charge in [0.2, 0.25) is 0 Å². The van der Waals surface area contributed by atoms with E-state index in [-0.39, 0.29) is 5.78 Å². The number of benzene rings is 2. The Morgan fingerprint density at radius 3 is 1.95 bits per heavy atom. The fourth-order valence-electron chi connectivity index (χ4n) is 2.88. The van der Waals surface area contributed by atoms with Crippen molar-refractivity contribution < 1.29 is 4.79 Å². The van der Waals surface area contributed by atoms with Gasteiger partial charge in [0, 0.05) is 6.42 Å². The highest BCUT2D eigenvalue weighted by atomic mass is 16.1. The summed E-state index contributed by atoms with van der Waals surface area (Å²) in [6.45, 7) is 1.87. The molecule has 0 bridgehead atoms. The summed E-state index contributed by atoms with van der Waals surface area (Å²) >= 11 is 0. The molecule has 0 saturated heterocycles. The quantitative estimate of drug-likeness (QED) is 0.726. The first-order chi connectivity index (χ1) is 10.8. The Hall–Kier alpha value is -2.75. The average Bonchev–Trinajstić information content (AvgIpc) is 3.12. The second kappa shape index (κ2) is 5.93. The van der Waals surface area contributed by atoms with Crippen LogP contribution in [0.4, 0.5) is 0 Å². The van der Waals surface area contributed by atoms with Crippen molar-refractivity contribution in [2.75, 3.05) is 0 Å². The molecule has 4 heteroatoms. The number of ketones is 1. The Bertz CT molecular complexity index is 697. The fraction of sp³-hybridized carbons (Fsp3) is 0.167. The van der Waals surface area contributed by atoms with E-state index in [0.717, 1.165) is 11.1 Å². The van der Waals surface area contributed by atoms with Crippen molar-refractivity contribution >= 4 is 5.78 Å². The monoisotopic (exact) mass is 291 g/mol. The molecule has 0 aliphatic carbocycles. The van der Waals surface area contributed by atoms with E-state index in [1.54, 1.807) is 11.0 Å². The molecule has 0 unspecified atom stereocenters. The lowest BCUT2D eigenvalue weighted by Gasteiger charge is -2.33. The summed E-state index contributed by atoms with van der Waals surface area (Å²) in [6.07, 6.45) is 3.47. The minimum absolute atomic E-state index is 0.0791. The van der Waals surface area contributed by atoms with Gasteiger partial charge in [-0.1, -0.05) is 67.6 Å². The van der Waals surface area contributed by atoms with Crippen molar-refractivity contribution in [2.45, 2.75) is 18.9 Å². The summed E-state index contributed by atoms with van der Waals surface area (Å²) < 4.78 is 1.66. The van der Waals surface area contributed by atoms with Gasteiger partial charge in [0.25, 0.3) is 0 Å². The molecule has 4 nitrogen and oxygen atoms in total. The average molecular weight is 291 g/mol. The first-order valence-corrected chi connectivity index (χ1v) is 7.29. The Balaban J connectivity index is 2.36. The molecule has 1 aromatic heterocycles. The Morgan fingerprint density at radius 2 is 1.55 bits per heavy atom. The lowest BCUT2D eigenvalue weighted by atomic mass is 9.78. The molecule has 0 aliphatic rings. The minimum atomic E-state index is -0.978. The molecular weight excluding hydrogens is 274 g/mol. The maximum atomic E-state index is 13.0. The molecule has 110 valence electrons. The predicted molar refractivity (Wildman–Crippen MR) is 84.4 cm³/mol. The Morgan fingerprint density at radius 1 is 1.00 bits per heavy atom. The van der Waals surface area contributed by atoms with Crippen LogP contribution in [-0.2, 0) is 10.3 Å². The molecule has 0 fully saturated rings. The maximum absolute atomic E-state index is 13.0. The maximum Gasteiger partial charge on any atom is 0.172 e. The number of nitrogens with zero attached hydrogens (tertiary/aromatic N) is 3. The van der Waals surface area contributed by atoms with Crippen LogP contribution in [0.25, 0.3) is 0 Å². The second-order valence-corrected chi connectivity index (χ2v) is 5.06. The van der Waals surface area contributed by atoms with E-state index in [0.29, 0.717) is 6.42 Å². The molecule has 0 spiro atoms. The Kier molecular flexibility index (Phi) is 3.83. The number of hydrogen-bond acceptors (Lipinski definition) is 3. The topological polar surface area (TPSA) is 47.8 Å². The molecule has 0 amide bonds. The van der Waals surface area contributed by atoms with Crippen LogP contribution in [0, 0.1) is 0 Å². The minimum Gasteiger partial charge on any atom is -0.296 e. The molecule has 22 heavy (non-hydrogen) atoms. The fourth-order valence-corrected chi connectivity index (χ4v) is 2.88. The van der Waals surface area contributed by atoms with Crippen molar-refractivity contribution in [1.29, 1.82) is 0 Å². The van der Waals surface area contributed by atoms with Gasteiger partial charge in [0.05, 0.1) is 0 Å². The molecule has 0 radical (unpaired) electrons. The zero-order chi connectivity index (χ0) is 15.4. The van der Waals surface area contributed by atoms with Gasteiger partial charge in [-0.05, 0) is 11.1 Å². The zero-order valence-electron chi connectivity index (χ0n) is 12.4. The highest BCUT2D eigenvalue weighted by Gasteiger charge is 2.43. The standard InChI is InChI=1S/C18H17N3O/c1-2-17(22)18(21-14-19-13-20-21,15-9-5-3-6-10-15)16-11-7-4-8-12-16/h3-14H,2H2,1H3. The van der Waals surface area contributed by atoms with E-state index in [2.05, 4.69) is 10.1 Å². The number of rotatable bonds is 5. The molecule has 0 atom stereocenters. The number of hydrogen-bond donors (Lipinski definition) is 0. The third-order valence-electron chi connectivity index (χ3n) is 3.87. The second-order valence-electron chi connectivity index (χ2n) is 5.06. The van der Waals surface area contributed by atoms with Crippen molar-refractivity contribution in [2.24, 2.45) is 0 Å². The van der Waals surface area contributed by atoms with Crippen LogP contribution in [0.1, 0.15) is 24.5 Å².